The van der Waals surface area contributed by atoms with E-state index in [0.717, 1.165) is 0 Å². The fraction of sp³-hybridized carbons (Fsp3) is 0.600. The Morgan fingerprint density at radius 3 is 2.88 bits per heavy atom. The van der Waals surface area contributed by atoms with Crippen molar-refractivity contribution >= 4 is 5.91 Å². The fourth-order valence-electron chi connectivity index (χ4n) is 1.21. The monoisotopic (exact) mass is 226 g/mol. The molecule has 1 heterocycles. The summed E-state index contributed by atoms with van der Waals surface area (Å²) in [7, 11) is 0. The van der Waals surface area contributed by atoms with Gasteiger partial charge in [-0.05, 0) is 20.3 Å². The fourth-order valence-corrected chi connectivity index (χ4v) is 1.21. The highest BCUT2D eigenvalue weighted by molar-refractivity contribution is 5.79. The number of ether oxygens (including phenoxy) is 1. The average Bonchev–Trinajstić information content (AvgIpc) is 2.60. The number of hydrogen-bond donors (Lipinski definition) is 2. The van der Waals surface area contributed by atoms with Gasteiger partial charge in [0, 0.05) is 6.54 Å². The molecule has 1 amide bonds. The average molecular weight is 226 g/mol. The van der Waals surface area contributed by atoms with Crippen LogP contribution in [-0.4, -0.2) is 27.8 Å². The molecule has 0 bridgehead atoms. The first-order valence-electron chi connectivity index (χ1n) is 5.23. The molecule has 1 aromatic rings. The van der Waals surface area contributed by atoms with Gasteiger partial charge in [0.25, 0.3) is 0 Å². The summed E-state index contributed by atoms with van der Waals surface area (Å²) >= 11 is 0. The van der Waals surface area contributed by atoms with E-state index in [1.54, 1.807) is 17.1 Å². The number of rotatable bonds is 6. The molecule has 0 saturated heterocycles. The van der Waals surface area contributed by atoms with Crippen LogP contribution < -0.4 is 16.2 Å². The third-order valence-electron chi connectivity index (χ3n) is 2.02. The first-order chi connectivity index (χ1) is 7.49. The number of carbonyl (C=O) groups excluding carboxylic acids is 1. The van der Waals surface area contributed by atoms with Gasteiger partial charge in [0.15, 0.2) is 5.75 Å². The number of aromatic nitrogens is 2. The summed E-state index contributed by atoms with van der Waals surface area (Å²) < 4.78 is 7.12. The van der Waals surface area contributed by atoms with E-state index in [0.29, 0.717) is 18.7 Å². The lowest BCUT2D eigenvalue weighted by Gasteiger charge is -2.07. The van der Waals surface area contributed by atoms with Gasteiger partial charge in [-0.3, -0.25) is 9.48 Å². The predicted octanol–water partition coefficient (Wildman–Crippen LogP) is -0.127. The number of amides is 1. The Morgan fingerprint density at radius 1 is 1.62 bits per heavy atom. The third-order valence-corrected chi connectivity index (χ3v) is 2.02. The van der Waals surface area contributed by atoms with Crippen molar-refractivity contribution in [1.29, 1.82) is 0 Å². The summed E-state index contributed by atoms with van der Waals surface area (Å²) in [6.45, 7) is 4.44. The van der Waals surface area contributed by atoms with Gasteiger partial charge in [-0.2, -0.15) is 5.10 Å². The van der Waals surface area contributed by atoms with E-state index in [4.69, 9.17) is 16.2 Å². The van der Waals surface area contributed by atoms with Crippen LogP contribution in [0.15, 0.2) is 12.4 Å². The van der Waals surface area contributed by atoms with Crippen molar-refractivity contribution in [3.05, 3.63) is 12.4 Å². The molecule has 90 valence electrons. The van der Waals surface area contributed by atoms with Crippen molar-refractivity contribution in [3.8, 4) is 5.75 Å². The van der Waals surface area contributed by atoms with Crippen LogP contribution in [-0.2, 0) is 11.3 Å². The molecule has 1 atom stereocenters. The highest BCUT2D eigenvalue weighted by Crippen LogP contribution is 2.10. The van der Waals surface area contributed by atoms with Gasteiger partial charge in [0.05, 0.1) is 24.5 Å². The number of aryl methyl sites for hydroxylation is 1. The van der Waals surface area contributed by atoms with Crippen LogP contribution in [0, 0.1) is 0 Å². The number of nitrogens with two attached hydrogens (primary N) is 2. The molecule has 6 heteroatoms. The Balaban J connectivity index is 2.43. The largest absolute Gasteiger partial charge is 0.488 e. The molecular weight excluding hydrogens is 208 g/mol. The molecule has 0 aliphatic carbocycles. The normalized spacial score (nSPS) is 12.8. The minimum atomic E-state index is -0.626. The van der Waals surface area contributed by atoms with Crippen LogP contribution in [0.1, 0.15) is 20.3 Å². The highest BCUT2D eigenvalue weighted by Gasteiger charge is 2.09. The smallest absolute Gasteiger partial charge is 0.234 e. The van der Waals surface area contributed by atoms with Crippen molar-refractivity contribution in [2.75, 3.05) is 0 Å². The quantitative estimate of drug-likeness (QED) is 0.706. The minimum absolute atomic E-state index is 0.116. The maximum atomic E-state index is 10.7. The number of nitrogens with zero attached hydrogens (tertiary/aromatic N) is 2. The topological polar surface area (TPSA) is 96.2 Å². The van der Waals surface area contributed by atoms with E-state index >= 15 is 0 Å². The number of carbonyl (C=O) groups is 1. The van der Waals surface area contributed by atoms with Gasteiger partial charge in [0.1, 0.15) is 0 Å². The second-order valence-electron chi connectivity index (χ2n) is 3.90. The van der Waals surface area contributed by atoms with E-state index < -0.39 is 11.9 Å². The van der Waals surface area contributed by atoms with Crippen LogP contribution in [0.4, 0.5) is 0 Å². The Hall–Kier alpha value is -1.56. The molecule has 0 spiro atoms. The molecule has 0 aliphatic rings. The third kappa shape index (κ3) is 3.90. The second-order valence-corrected chi connectivity index (χ2v) is 3.90. The van der Waals surface area contributed by atoms with Gasteiger partial charge < -0.3 is 16.2 Å². The number of hydrogen-bond acceptors (Lipinski definition) is 4. The molecule has 0 saturated carbocycles. The van der Waals surface area contributed by atoms with Gasteiger partial charge in [-0.1, -0.05) is 0 Å². The Kier molecular flexibility index (Phi) is 4.30. The van der Waals surface area contributed by atoms with Crippen molar-refractivity contribution in [3.63, 3.8) is 0 Å². The summed E-state index contributed by atoms with van der Waals surface area (Å²) in [5.74, 6) is 0.216. The summed E-state index contributed by atoms with van der Waals surface area (Å²) in [6.07, 6.45) is 3.99. The van der Waals surface area contributed by atoms with E-state index in [9.17, 15) is 4.79 Å². The summed E-state index contributed by atoms with van der Waals surface area (Å²) in [5, 5.41) is 4.08. The zero-order chi connectivity index (χ0) is 12.1. The predicted molar refractivity (Wildman–Crippen MR) is 59.8 cm³/mol. The van der Waals surface area contributed by atoms with Crippen molar-refractivity contribution < 1.29 is 9.53 Å². The molecule has 1 rings (SSSR count). The maximum absolute atomic E-state index is 10.7. The lowest BCUT2D eigenvalue weighted by atomic mass is 10.2. The number of primary amides is 1. The van der Waals surface area contributed by atoms with Crippen LogP contribution in [0.2, 0.25) is 0 Å². The molecule has 1 unspecified atom stereocenters. The zero-order valence-electron chi connectivity index (χ0n) is 9.59. The molecule has 16 heavy (non-hydrogen) atoms. The highest BCUT2D eigenvalue weighted by atomic mass is 16.5. The molecule has 4 N–H and O–H groups in total. The lowest BCUT2D eigenvalue weighted by molar-refractivity contribution is -0.119. The van der Waals surface area contributed by atoms with Crippen molar-refractivity contribution in [2.24, 2.45) is 11.5 Å². The SMILES string of the molecule is CC(C)Oc1cnn(CCC(N)C(N)=O)c1. The van der Waals surface area contributed by atoms with Gasteiger partial charge in [-0.15, -0.1) is 0 Å². The van der Waals surface area contributed by atoms with Crippen LogP contribution in [0.5, 0.6) is 5.75 Å². The zero-order valence-corrected chi connectivity index (χ0v) is 9.59. The van der Waals surface area contributed by atoms with Crippen LogP contribution in [0.3, 0.4) is 0 Å². The van der Waals surface area contributed by atoms with Crippen LogP contribution >= 0.6 is 0 Å². The molecule has 0 aromatic carbocycles. The molecule has 6 nitrogen and oxygen atoms in total. The van der Waals surface area contributed by atoms with Crippen molar-refractivity contribution in [2.45, 2.75) is 39.0 Å². The first-order valence-corrected chi connectivity index (χ1v) is 5.23. The Morgan fingerprint density at radius 2 is 2.31 bits per heavy atom. The lowest BCUT2D eigenvalue weighted by Crippen LogP contribution is -2.37. The summed E-state index contributed by atoms with van der Waals surface area (Å²) in [5.41, 5.74) is 10.6. The molecule has 1 aromatic heterocycles. The molecule has 0 fully saturated rings. The van der Waals surface area contributed by atoms with E-state index in [1.807, 2.05) is 13.8 Å². The minimum Gasteiger partial charge on any atom is -0.488 e. The first kappa shape index (κ1) is 12.5. The summed E-state index contributed by atoms with van der Waals surface area (Å²) in [6, 6.07) is -0.626. The maximum Gasteiger partial charge on any atom is 0.234 e. The molecule has 0 radical (unpaired) electrons. The van der Waals surface area contributed by atoms with E-state index in [1.165, 1.54) is 0 Å². The summed E-state index contributed by atoms with van der Waals surface area (Å²) in [4.78, 5) is 10.7. The molecule has 0 aliphatic heterocycles. The Bertz CT molecular complexity index is 348. The standard InChI is InChI=1S/C10H18N4O2/c1-7(2)16-8-5-13-14(6-8)4-3-9(11)10(12)15/h5-7,9H,3-4,11H2,1-2H3,(H2,12,15). The molecular formula is C10H18N4O2. The van der Waals surface area contributed by atoms with Gasteiger partial charge >= 0.3 is 0 Å². The van der Waals surface area contributed by atoms with E-state index in [-0.39, 0.29) is 6.10 Å². The second kappa shape index (κ2) is 5.50. The van der Waals surface area contributed by atoms with Crippen LogP contribution in [0.25, 0.3) is 0 Å². The van der Waals surface area contributed by atoms with Gasteiger partial charge in [0.2, 0.25) is 5.91 Å². The Labute approximate surface area is 94.5 Å². The van der Waals surface area contributed by atoms with Gasteiger partial charge in [-0.25, -0.2) is 0 Å². The van der Waals surface area contributed by atoms with Crippen molar-refractivity contribution in [1.82, 2.24) is 9.78 Å². The van der Waals surface area contributed by atoms with E-state index in [2.05, 4.69) is 5.10 Å².